The molecule has 202 valence electrons. The van der Waals surface area contributed by atoms with Gasteiger partial charge in [0.25, 0.3) is 27.5 Å². The van der Waals surface area contributed by atoms with Gasteiger partial charge in [0.05, 0.1) is 27.1 Å². The van der Waals surface area contributed by atoms with E-state index in [1.54, 1.807) is 72.8 Å². The number of carbonyl (C=O) groups excluding carboxylic acids is 2. The van der Waals surface area contributed by atoms with Crippen LogP contribution in [0, 0.1) is 10.1 Å². The van der Waals surface area contributed by atoms with E-state index in [1.807, 2.05) is 6.07 Å². The van der Waals surface area contributed by atoms with Crippen LogP contribution in [0.2, 0.25) is 0 Å². The summed E-state index contributed by atoms with van der Waals surface area (Å²) in [5.74, 6) is -0.800. The Kier molecular flexibility index (Phi) is 7.30. The summed E-state index contributed by atoms with van der Waals surface area (Å²) in [5.41, 5.74) is 1.01. The highest BCUT2D eigenvalue weighted by atomic mass is 32.2. The van der Waals surface area contributed by atoms with Crippen molar-refractivity contribution >= 4 is 38.9 Å². The van der Waals surface area contributed by atoms with Gasteiger partial charge in [-0.3, -0.25) is 24.0 Å². The molecule has 1 N–H and O–H groups in total. The van der Waals surface area contributed by atoms with Crippen molar-refractivity contribution in [3.05, 3.63) is 130 Å². The molecule has 5 rings (SSSR count). The maximum atomic E-state index is 14.2. The number of nitro groups is 1. The zero-order valence-electron chi connectivity index (χ0n) is 21.1. The Bertz CT molecular complexity index is 1660. The summed E-state index contributed by atoms with van der Waals surface area (Å²) in [7, 11) is -4.35. The Balaban J connectivity index is 1.62. The van der Waals surface area contributed by atoms with Crippen molar-refractivity contribution in [1.82, 2.24) is 5.32 Å². The summed E-state index contributed by atoms with van der Waals surface area (Å²) in [6, 6.07) is 27.4. The summed E-state index contributed by atoms with van der Waals surface area (Å²) < 4.78 is 29.5. The van der Waals surface area contributed by atoms with Crippen LogP contribution >= 0.6 is 0 Å². The average Bonchev–Trinajstić information content (AvgIpc) is 3.11. The fourth-order valence-electron chi connectivity index (χ4n) is 4.62. The van der Waals surface area contributed by atoms with E-state index in [1.165, 1.54) is 11.0 Å². The number of nitro benzene ring substituents is 1. The lowest BCUT2D eigenvalue weighted by Crippen LogP contribution is -2.51. The third-order valence-electron chi connectivity index (χ3n) is 6.55. The summed E-state index contributed by atoms with van der Waals surface area (Å²) in [5, 5.41) is 14.0. The van der Waals surface area contributed by atoms with Gasteiger partial charge in [-0.05, 0) is 48.5 Å². The van der Waals surface area contributed by atoms with E-state index in [0.29, 0.717) is 11.3 Å². The van der Waals surface area contributed by atoms with Crippen LogP contribution in [0.15, 0.2) is 114 Å². The van der Waals surface area contributed by atoms with Crippen LogP contribution in [-0.2, 0) is 10.0 Å². The third kappa shape index (κ3) is 5.14. The first-order valence-corrected chi connectivity index (χ1v) is 13.8. The van der Waals surface area contributed by atoms with Crippen molar-refractivity contribution in [2.75, 3.05) is 22.3 Å². The van der Waals surface area contributed by atoms with Crippen molar-refractivity contribution in [3.63, 3.8) is 0 Å². The quantitative estimate of drug-likeness (QED) is 0.268. The first kappa shape index (κ1) is 26.6. The molecule has 0 bridgehead atoms. The van der Waals surface area contributed by atoms with Crippen molar-refractivity contribution in [2.45, 2.75) is 10.9 Å². The number of amides is 2. The number of hydrogen-bond acceptors (Lipinski definition) is 6. The number of benzene rings is 4. The van der Waals surface area contributed by atoms with Crippen molar-refractivity contribution < 1.29 is 22.9 Å². The Morgan fingerprint density at radius 2 is 1.48 bits per heavy atom. The monoisotopic (exact) mass is 556 g/mol. The van der Waals surface area contributed by atoms with E-state index < -0.39 is 32.8 Å². The molecule has 1 heterocycles. The van der Waals surface area contributed by atoms with Gasteiger partial charge in [0.1, 0.15) is 0 Å². The molecular weight excluding hydrogens is 532 g/mol. The fourth-order valence-corrected chi connectivity index (χ4v) is 6.27. The predicted octanol–water partition coefficient (Wildman–Crippen LogP) is 4.25. The van der Waals surface area contributed by atoms with Crippen LogP contribution in [0.3, 0.4) is 0 Å². The molecule has 1 unspecified atom stereocenters. The zero-order chi connectivity index (χ0) is 28.3. The first-order chi connectivity index (χ1) is 19.3. The van der Waals surface area contributed by atoms with Gasteiger partial charge in [0.15, 0.2) is 0 Å². The minimum absolute atomic E-state index is 0.0706. The third-order valence-corrected chi connectivity index (χ3v) is 8.43. The van der Waals surface area contributed by atoms with E-state index in [0.717, 1.165) is 28.6 Å². The van der Waals surface area contributed by atoms with Crippen LogP contribution in [0.5, 0.6) is 0 Å². The van der Waals surface area contributed by atoms with Gasteiger partial charge in [-0.25, -0.2) is 8.42 Å². The lowest BCUT2D eigenvalue weighted by Gasteiger charge is -2.33. The fraction of sp³-hybridized carbons (Fsp3) is 0.103. The predicted molar refractivity (Wildman–Crippen MR) is 150 cm³/mol. The standard InChI is InChI=1S/C29H24N4O6S/c34-28(21-9-3-1-4-10-21)30-19-24-20-31(22-11-5-2-6-12-22)29(35)26-13-7-8-14-27(26)32(24)40(38,39)25-17-15-23(16-18-25)33(36)37/h1-18,24H,19-20H2,(H,30,34). The summed E-state index contributed by atoms with van der Waals surface area (Å²) >= 11 is 0. The molecule has 11 heteroatoms. The van der Waals surface area contributed by atoms with Crippen molar-refractivity contribution in [3.8, 4) is 0 Å². The summed E-state index contributed by atoms with van der Waals surface area (Å²) in [6.07, 6.45) is 0. The summed E-state index contributed by atoms with van der Waals surface area (Å²) in [6.45, 7) is -0.191. The molecule has 10 nitrogen and oxygen atoms in total. The van der Waals surface area contributed by atoms with E-state index in [4.69, 9.17) is 0 Å². The number of fused-ring (bicyclic) bond motifs is 1. The van der Waals surface area contributed by atoms with Crippen LogP contribution < -0.4 is 14.5 Å². The van der Waals surface area contributed by atoms with Gasteiger partial charge in [0, 0.05) is 36.5 Å². The van der Waals surface area contributed by atoms with E-state index >= 15 is 0 Å². The number of rotatable bonds is 7. The molecule has 0 saturated carbocycles. The molecule has 40 heavy (non-hydrogen) atoms. The molecule has 4 aromatic rings. The number of carbonyl (C=O) groups is 2. The highest BCUT2D eigenvalue weighted by molar-refractivity contribution is 7.92. The first-order valence-electron chi connectivity index (χ1n) is 12.4. The minimum atomic E-state index is -4.35. The smallest absolute Gasteiger partial charge is 0.269 e. The van der Waals surface area contributed by atoms with Crippen molar-refractivity contribution in [1.29, 1.82) is 0 Å². The van der Waals surface area contributed by atoms with Crippen molar-refractivity contribution in [2.24, 2.45) is 0 Å². The number of nitrogens with zero attached hydrogens (tertiary/aromatic N) is 3. The molecule has 0 spiro atoms. The second kappa shape index (κ2) is 11.0. The van der Waals surface area contributed by atoms with Crippen LogP contribution in [0.4, 0.5) is 17.1 Å². The minimum Gasteiger partial charge on any atom is -0.350 e. The molecule has 0 aromatic heterocycles. The van der Waals surface area contributed by atoms with Crippen LogP contribution in [0.1, 0.15) is 20.7 Å². The SMILES string of the molecule is O=C(NCC1CN(c2ccccc2)C(=O)c2ccccc2N1S(=O)(=O)c1ccc([N+](=O)[O-])cc1)c1ccccc1. The second-order valence-corrected chi connectivity index (χ2v) is 10.9. The molecular formula is C29H24N4O6S. The number of nitrogens with one attached hydrogen (secondary N) is 1. The van der Waals surface area contributed by atoms with Gasteiger partial charge in [-0.1, -0.05) is 48.5 Å². The largest absolute Gasteiger partial charge is 0.350 e. The number of hydrogen-bond donors (Lipinski definition) is 1. The highest BCUT2D eigenvalue weighted by Gasteiger charge is 2.40. The number of sulfonamides is 1. The Morgan fingerprint density at radius 1 is 0.875 bits per heavy atom. The molecule has 1 aliphatic heterocycles. The number of non-ortho nitro benzene ring substituents is 1. The summed E-state index contributed by atoms with van der Waals surface area (Å²) in [4.78, 5) is 38.6. The molecule has 2 amide bonds. The van der Waals surface area contributed by atoms with E-state index in [2.05, 4.69) is 5.32 Å². The number of para-hydroxylation sites is 2. The molecule has 0 fully saturated rings. The second-order valence-electron chi connectivity index (χ2n) is 9.05. The van der Waals surface area contributed by atoms with Crippen LogP contribution in [0.25, 0.3) is 0 Å². The Hall–Kier alpha value is -5.03. The molecule has 1 aliphatic rings. The van der Waals surface area contributed by atoms with Gasteiger partial charge < -0.3 is 10.2 Å². The zero-order valence-corrected chi connectivity index (χ0v) is 21.9. The molecule has 0 aliphatic carbocycles. The molecule has 0 saturated heterocycles. The molecule has 0 radical (unpaired) electrons. The lowest BCUT2D eigenvalue weighted by molar-refractivity contribution is -0.384. The topological polar surface area (TPSA) is 130 Å². The van der Waals surface area contributed by atoms with Crippen LogP contribution in [-0.4, -0.2) is 44.3 Å². The Labute approximate surface area is 230 Å². The van der Waals surface area contributed by atoms with Gasteiger partial charge in [-0.2, -0.15) is 0 Å². The normalized spacial score (nSPS) is 15.2. The lowest BCUT2D eigenvalue weighted by atomic mass is 10.1. The average molecular weight is 557 g/mol. The Morgan fingerprint density at radius 3 is 2.12 bits per heavy atom. The maximum Gasteiger partial charge on any atom is 0.269 e. The van der Waals surface area contributed by atoms with Gasteiger partial charge in [0.2, 0.25) is 0 Å². The molecule has 4 aromatic carbocycles. The van der Waals surface area contributed by atoms with E-state index in [9.17, 15) is 28.1 Å². The van der Waals surface area contributed by atoms with Gasteiger partial charge >= 0.3 is 0 Å². The number of anilines is 2. The highest BCUT2D eigenvalue weighted by Crippen LogP contribution is 2.35. The molecule has 1 atom stereocenters. The maximum absolute atomic E-state index is 14.2. The van der Waals surface area contributed by atoms with E-state index in [-0.39, 0.29) is 34.9 Å². The van der Waals surface area contributed by atoms with Gasteiger partial charge in [-0.15, -0.1) is 0 Å².